The second-order valence-electron chi connectivity index (χ2n) is 3.90. The van der Waals surface area contributed by atoms with Gasteiger partial charge in [-0.05, 0) is 31.0 Å². The van der Waals surface area contributed by atoms with E-state index in [-0.39, 0.29) is 5.82 Å². The molecule has 0 heterocycles. The topological polar surface area (TPSA) is 20.3 Å². The lowest BCUT2D eigenvalue weighted by Crippen LogP contribution is -2.31. The van der Waals surface area contributed by atoms with Gasteiger partial charge in [0.05, 0.1) is 0 Å². The van der Waals surface area contributed by atoms with Crippen LogP contribution in [0.15, 0.2) is 18.2 Å². The number of carbonyl (C=O) groups is 1. The van der Waals surface area contributed by atoms with Gasteiger partial charge < -0.3 is 4.90 Å². The van der Waals surface area contributed by atoms with E-state index in [2.05, 4.69) is 13.8 Å². The van der Waals surface area contributed by atoms with E-state index < -0.39 is 0 Å². The molecule has 1 aromatic carbocycles. The van der Waals surface area contributed by atoms with Gasteiger partial charge in [0.1, 0.15) is 5.82 Å². The minimum Gasteiger partial charge on any atom is -0.371 e. The summed E-state index contributed by atoms with van der Waals surface area (Å²) in [6.07, 6.45) is 2.71. The summed E-state index contributed by atoms with van der Waals surface area (Å²) < 4.78 is 13.0. The van der Waals surface area contributed by atoms with Crippen molar-refractivity contribution in [3.8, 4) is 0 Å². The van der Waals surface area contributed by atoms with Crippen molar-refractivity contribution >= 4 is 12.0 Å². The number of rotatable bonds is 5. The van der Waals surface area contributed by atoms with Crippen molar-refractivity contribution < 1.29 is 9.18 Å². The molecule has 0 saturated heterocycles. The zero-order valence-corrected chi connectivity index (χ0v) is 10.0. The van der Waals surface area contributed by atoms with Crippen LogP contribution in [0.3, 0.4) is 0 Å². The van der Waals surface area contributed by atoms with Gasteiger partial charge in [-0.2, -0.15) is 0 Å². The maximum Gasteiger partial charge on any atom is 0.152 e. The van der Waals surface area contributed by atoms with E-state index in [0.717, 1.165) is 18.5 Å². The molecule has 88 valence electrons. The standard InChI is InChI=1S/C13H18FNO/c1-4-12(5-2)15(3)13-7-6-11(14)8-10(13)9-16/h6-9,12H,4-5H2,1-3H3. The first-order valence-electron chi connectivity index (χ1n) is 5.61. The third kappa shape index (κ3) is 2.60. The lowest BCUT2D eigenvalue weighted by Gasteiger charge is -2.29. The Kier molecular flexibility index (Phi) is 4.47. The molecule has 0 fully saturated rings. The van der Waals surface area contributed by atoms with Crippen molar-refractivity contribution in [3.63, 3.8) is 0 Å². The van der Waals surface area contributed by atoms with Gasteiger partial charge in [0.2, 0.25) is 0 Å². The molecule has 0 saturated carbocycles. The average molecular weight is 223 g/mol. The van der Waals surface area contributed by atoms with Crippen molar-refractivity contribution in [3.05, 3.63) is 29.6 Å². The van der Waals surface area contributed by atoms with E-state index in [1.807, 2.05) is 11.9 Å². The number of benzene rings is 1. The van der Waals surface area contributed by atoms with Gasteiger partial charge in [-0.15, -0.1) is 0 Å². The molecule has 16 heavy (non-hydrogen) atoms. The number of aldehydes is 1. The van der Waals surface area contributed by atoms with Crippen LogP contribution < -0.4 is 4.90 Å². The van der Waals surface area contributed by atoms with Crippen LogP contribution in [0.5, 0.6) is 0 Å². The minimum atomic E-state index is -0.371. The Bertz CT molecular complexity index is 361. The molecule has 0 amide bonds. The zero-order chi connectivity index (χ0) is 12.1. The smallest absolute Gasteiger partial charge is 0.152 e. The first-order chi connectivity index (χ1) is 7.63. The predicted octanol–water partition coefficient (Wildman–Crippen LogP) is 3.26. The monoisotopic (exact) mass is 223 g/mol. The molecular weight excluding hydrogens is 205 g/mol. The number of halogens is 1. The fraction of sp³-hybridized carbons (Fsp3) is 0.462. The molecule has 0 aliphatic heterocycles. The van der Waals surface area contributed by atoms with Gasteiger partial charge in [0.25, 0.3) is 0 Å². The van der Waals surface area contributed by atoms with Crippen LogP contribution >= 0.6 is 0 Å². The second-order valence-corrected chi connectivity index (χ2v) is 3.90. The molecule has 1 aromatic rings. The Morgan fingerprint density at radius 1 is 1.38 bits per heavy atom. The summed E-state index contributed by atoms with van der Waals surface area (Å²) in [5.74, 6) is -0.371. The lowest BCUT2D eigenvalue weighted by atomic mass is 10.1. The van der Waals surface area contributed by atoms with Gasteiger partial charge in [-0.25, -0.2) is 4.39 Å². The van der Waals surface area contributed by atoms with Crippen LogP contribution in [0.2, 0.25) is 0 Å². The van der Waals surface area contributed by atoms with Gasteiger partial charge in [0, 0.05) is 24.3 Å². The summed E-state index contributed by atoms with van der Waals surface area (Å²) in [6.45, 7) is 4.21. The fourth-order valence-electron chi connectivity index (χ4n) is 1.97. The van der Waals surface area contributed by atoms with Crippen LogP contribution in [-0.4, -0.2) is 19.4 Å². The normalized spacial score (nSPS) is 10.6. The summed E-state index contributed by atoms with van der Waals surface area (Å²) in [5.41, 5.74) is 1.21. The molecule has 0 spiro atoms. The Morgan fingerprint density at radius 3 is 2.50 bits per heavy atom. The molecule has 0 N–H and O–H groups in total. The highest BCUT2D eigenvalue weighted by atomic mass is 19.1. The van der Waals surface area contributed by atoms with Crippen LogP contribution in [-0.2, 0) is 0 Å². The molecule has 3 heteroatoms. The SMILES string of the molecule is CCC(CC)N(C)c1ccc(F)cc1C=O. The van der Waals surface area contributed by atoms with E-state index in [1.54, 1.807) is 6.07 Å². The summed E-state index contributed by atoms with van der Waals surface area (Å²) in [4.78, 5) is 12.9. The van der Waals surface area contributed by atoms with Crippen molar-refractivity contribution in [1.82, 2.24) is 0 Å². The van der Waals surface area contributed by atoms with Gasteiger partial charge in [0.15, 0.2) is 6.29 Å². The minimum absolute atomic E-state index is 0.371. The molecule has 0 atom stereocenters. The second kappa shape index (κ2) is 5.64. The van der Waals surface area contributed by atoms with E-state index >= 15 is 0 Å². The predicted molar refractivity (Wildman–Crippen MR) is 64.6 cm³/mol. The van der Waals surface area contributed by atoms with Crippen LogP contribution in [0.25, 0.3) is 0 Å². The van der Waals surface area contributed by atoms with Crippen LogP contribution in [0.1, 0.15) is 37.0 Å². The third-order valence-electron chi connectivity index (χ3n) is 2.99. The molecule has 0 aromatic heterocycles. The molecular formula is C13H18FNO. The summed E-state index contributed by atoms with van der Waals surface area (Å²) in [5, 5.41) is 0. The highest BCUT2D eigenvalue weighted by Crippen LogP contribution is 2.23. The molecule has 1 rings (SSSR count). The van der Waals surface area contributed by atoms with Crippen molar-refractivity contribution in [2.45, 2.75) is 32.7 Å². The van der Waals surface area contributed by atoms with Crippen molar-refractivity contribution in [1.29, 1.82) is 0 Å². The summed E-state index contributed by atoms with van der Waals surface area (Å²) in [6, 6.07) is 4.71. The van der Waals surface area contributed by atoms with E-state index in [0.29, 0.717) is 17.9 Å². The maximum atomic E-state index is 13.0. The number of hydrogen-bond acceptors (Lipinski definition) is 2. The number of anilines is 1. The van der Waals surface area contributed by atoms with E-state index in [1.165, 1.54) is 12.1 Å². The quantitative estimate of drug-likeness (QED) is 0.714. The van der Waals surface area contributed by atoms with Gasteiger partial charge in [-0.3, -0.25) is 4.79 Å². The Morgan fingerprint density at radius 2 is 2.00 bits per heavy atom. The fourth-order valence-corrected chi connectivity index (χ4v) is 1.97. The van der Waals surface area contributed by atoms with Gasteiger partial charge >= 0.3 is 0 Å². The molecule has 0 unspecified atom stereocenters. The highest BCUT2D eigenvalue weighted by molar-refractivity contribution is 5.84. The zero-order valence-electron chi connectivity index (χ0n) is 10.0. The highest BCUT2D eigenvalue weighted by Gasteiger charge is 2.14. The van der Waals surface area contributed by atoms with Crippen molar-refractivity contribution in [2.75, 3.05) is 11.9 Å². The average Bonchev–Trinajstić information content (AvgIpc) is 2.30. The molecule has 0 radical (unpaired) electrons. The Hall–Kier alpha value is -1.38. The maximum absolute atomic E-state index is 13.0. The Labute approximate surface area is 96.1 Å². The summed E-state index contributed by atoms with van der Waals surface area (Å²) in [7, 11) is 1.94. The van der Waals surface area contributed by atoms with Gasteiger partial charge in [-0.1, -0.05) is 13.8 Å². The lowest BCUT2D eigenvalue weighted by molar-refractivity contribution is 0.112. The van der Waals surface area contributed by atoms with Crippen LogP contribution in [0, 0.1) is 5.82 Å². The first kappa shape index (κ1) is 12.7. The van der Waals surface area contributed by atoms with Crippen LogP contribution in [0.4, 0.5) is 10.1 Å². The molecule has 0 aliphatic rings. The third-order valence-corrected chi connectivity index (χ3v) is 2.99. The Balaban J connectivity index is 3.06. The number of hydrogen-bond donors (Lipinski definition) is 0. The van der Waals surface area contributed by atoms with Crippen molar-refractivity contribution in [2.24, 2.45) is 0 Å². The first-order valence-corrected chi connectivity index (χ1v) is 5.61. The largest absolute Gasteiger partial charge is 0.371 e. The summed E-state index contributed by atoms with van der Waals surface area (Å²) >= 11 is 0. The molecule has 0 bridgehead atoms. The van der Waals surface area contributed by atoms with E-state index in [4.69, 9.17) is 0 Å². The molecule has 2 nitrogen and oxygen atoms in total. The number of carbonyl (C=O) groups excluding carboxylic acids is 1. The molecule has 0 aliphatic carbocycles. The number of nitrogens with zero attached hydrogens (tertiary/aromatic N) is 1. The van der Waals surface area contributed by atoms with E-state index in [9.17, 15) is 9.18 Å².